The molecule has 19 heavy (non-hydrogen) atoms. The van der Waals surface area contributed by atoms with Crippen molar-refractivity contribution in [1.29, 1.82) is 0 Å². The third kappa shape index (κ3) is 4.75. The van der Waals surface area contributed by atoms with Gasteiger partial charge in [-0.2, -0.15) is 0 Å². The van der Waals surface area contributed by atoms with Crippen LogP contribution in [0.15, 0.2) is 0 Å². The average molecular weight is 268 g/mol. The van der Waals surface area contributed by atoms with Gasteiger partial charge in [-0.05, 0) is 51.0 Å². The van der Waals surface area contributed by atoms with Crippen LogP contribution in [-0.2, 0) is 0 Å². The highest BCUT2D eigenvalue weighted by atomic mass is 15.2. The minimum absolute atomic E-state index is 0.690. The van der Waals surface area contributed by atoms with Gasteiger partial charge in [0.05, 0.1) is 0 Å². The molecule has 1 N–H and O–H groups in total. The van der Waals surface area contributed by atoms with Gasteiger partial charge < -0.3 is 5.32 Å². The molecule has 0 aromatic rings. The van der Waals surface area contributed by atoms with Gasteiger partial charge in [-0.1, -0.05) is 34.6 Å². The van der Waals surface area contributed by atoms with Crippen LogP contribution in [0.25, 0.3) is 0 Å². The van der Waals surface area contributed by atoms with Crippen LogP contribution >= 0.6 is 0 Å². The Hall–Kier alpha value is -0.0800. The molecule has 0 radical (unpaired) electrons. The molecule has 0 heterocycles. The Kier molecular flexibility index (Phi) is 7.38. The molecule has 0 amide bonds. The number of nitrogens with one attached hydrogen (secondary N) is 1. The van der Waals surface area contributed by atoms with Crippen LogP contribution < -0.4 is 5.32 Å². The summed E-state index contributed by atoms with van der Waals surface area (Å²) in [5.41, 5.74) is 0. The zero-order chi connectivity index (χ0) is 14.4. The summed E-state index contributed by atoms with van der Waals surface area (Å²) in [6.45, 7) is 13.1. The molecule has 0 saturated heterocycles. The van der Waals surface area contributed by atoms with Crippen LogP contribution in [0.3, 0.4) is 0 Å². The van der Waals surface area contributed by atoms with E-state index in [1.54, 1.807) is 0 Å². The molecule has 0 aliphatic heterocycles. The lowest BCUT2D eigenvalue weighted by atomic mass is 9.81. The van der Waals surface area contributed by atoms with Crippen molar-refractivity contribution in [1.82, 2.24) is 10.2 Å². The molecule has 3 unspecified atom stereocenters. The lowest BCUT2D eigenvalue weighted by molar-refractivity contribution is 0.0507. The Balaban J connectivity index is 2.85. The summed E-state index contributed by atoms with van der Waals surface area (Å²) in [6, 6.07) is 2.19. The molecule has 0 aromatic heterocycles. The smallest absolute Gasteiger partial charge is 0.0254 e. The maximum atomic E-state index is 3.59. The third-order valence-corrected chi connectivity index (χ3v) is 4.86. The van der Waals surface area contributed by atoms with E-state index in [0.29, 0.717) is 6.04 Å². The molecule has 1 fully saturated rings. The lowest BCUT2D eigenvalue weighted by Crippen LogP contribution is -2.56. The van der Waals surface area contributed by atoms with Crippen LogP contribution in [0, 0.1) is 11.8 Å². The van der Waals surface area contributed by atoms with Gasteiger partial charge in [-0.3, -0.25) is 4.90 Å². The van der Waals surface area contributed by atoms with E-state index < -0.39 is 0 Å². The Bertz CT molecular complexity index is 235. The first kappa shape index (κ1) is 17.0. The normalized spacial score (nSPS) is 28.6. The van der Waals surface area contributed by atoms with Gasteiger partial charge in [0.25, 0.3) is 0 Å². The van der Waals surface area contributed by atoms with E-state index in [2.05, 4.69) is 51.9 Å². The lowest BCUT2D eigenvalue weighted by Gasteiger charge is -2.46. The Morgan fingerprint density at radius 1 is 1.16 bits per heavy atom. The predicted molar refractivity (Wildman–Crippen MR) is 85.6 cm³/mol. The van der Waals surface area contributed by atoms with E-state index in [9.17, 15) is 0 Å². The fourth-order valence-corrected chi connectivity index (χ4v) is 3.79. The highest BCUT2D eigenvalue weighted by Crippen LogP contribution is 2.30. The largest absolute Gasteiger partial charge is 0.315 e. The van der Waals surface area contributed by atoms with Crippen molar-refractivity contribution >= 4 is 0 Å². The van der Waals surface area contributed by atoms with Gasteiger partial charge in [0.15, 0.2) is 0 Å². The van der Waals surface area contributed by atoms with Crippen LogP contribution in [-0.4, -0.2) is 36.6 Å². The maximum Gasteiger partial charge on any atom is 0.0254 e. The SMILES string of the molecule is CCC(CC)N(CC(C)C)C1CC(C)CCC1NC. The summed E-state index contributed by atoms with van der Waals surface area (Å²) in [6.07, 6.45) is 6.67. The standard InChI is InChI=1S/C17H36N2/c1-7-15(8-2)19(12-13(3)4)17-11-14(5)9-10-16(17)18-6/h13-18H,7-12H2,1-6H3. The predicted octanol–water partition coefficient (Wildman–Crippen LogP) is 3.91. The van der Waals surface area contributed by atoms with Crippen molar-refractivity contribution in [3.05, 3.63) is 0 Å². The monoisotopic (exact) mass is 268 g/mol. The first-order valence-electron chi connectivity index (χ1n) is 8.46. The molecule has 0 aromatic carbocycles. The Morgan fingerprint density at radius 3 is 2.26 bits per heavy atom. The third-order valence-electron chi connectivity index (χ3n) is 4.86. The Morgan fingerprint density at radius 2 is 1.79 bits per heavy atom. The molecule has 2 nitrogen and oxygen atoms in total. The van der Waals surface area contributed by atoms with Gasteiger partial charge in [0.1, 0.15) is 0 Å². The molecule has 1 aliphatic rings. The fourth-order valence-electron chi connectivity index (χ4n) is 3.79. The second-order valence-corrected chi connectivity index (χ2v) is 6.94. The van der Waals surface area contributed by atoms with Gasteiger partial charge in [-0.25, -0.2) is 0 Å². The van der Waals surface area contributed by atoms with E-state index in [1.165, 1.54) is 38.6 Å². The van der Waals surface area contributed by atoms with E-state index in [1.807, 2.05) is 0 Å². The molecule has 2 heteroatoms. The Labute approximate surface area is 121 Å². The fraction of sp³-hybridized carbons (Fsp3) is 1.00. The first-order chi connectivity index (χ1) is 9.03. The number of hydrogen-bond donors (Lipinski definition) is 1. The first-order valence-corrected chi connectivity index (χ1v) is 8.46. The van der Waals surface area contributed by atoms with E-state index >= 15 is 0 Å². The number of rotatable bonds is 7. The molecular weight excluding hydrogens is 232 g/mol. The highest BCUT2D eigenvalue weighted by Gasteiger charge is 2.34. The van der Waals surface area contributed by atoms with Crippen molar-refractivity contribution in [2.45, 2.75) is 84.8 Å². The number of hydrogen-bond acceptors (Lipinski definition) is 2. The van der Waals surface area contributed by atoms with Crippen molar-refractivity contribution in [2.24, 2.45) is 11.8 Å². The summed E-state index contributed by atoms with van der Waals surface area (Å²) in [7, 11) is 2.15. The number of likely N-dealkylation sites (N-methyl/N-ethyl adjacent to an activating group) is 1. The molecule has 0 spiro atoms. The van der Waals surface area contributed by atoms with Crippen molar-refractivity contribution in [2.75, 3.05) is 13.6 Å². The summed E-state index contributed by atoms with van der Waals surface area (Å²) in [5, 5.41) is 3.59. The minimum atomic E-state index is 0.690. The van der Waals surface area contributed by atoms with Gasteiger partial charge >= 0.3 is 0 Å². The second kappa shape index (κ2) is 8.26. The molecule has 1 saturated carbocycles. The molecule has 1 rings (SSSR count). The van der Waals surface area contributed by atoms with Crippen LogP contribution in [0.4, 0.5) is 0 Å². The summed E-state index contributed by atoms with van der Waals surface area (Å²) in [5.74, 6) is 1.65. The van der Waals surface area contributed by atoms with Crippen LogP contribution in [0.5, 0.6) is 0 Å². The highest BCUT2D eigenvalue weighted by molar-refractivity contribution is 4.92. The summed E-state index contributed by atoms with van der Waals surface area (Å²) in [4.78, 5) is 2.83. The second-order valence-electron chi connectivity index (χ2n) is 6.94. The maximum absolute atomic E-state index is 3.59. The zero-order valence-corrected chi connectivity index (χ0v) is 14.1. The molecule has 3 atom stereocenters. The molecule has 0 bridgehead atoms. The zero-order valence-electron chi connectivity index (χ0n) is 14.1. The van der Waals surface area contributed by atoms with Crippen LogP contribution in [0.2, 0.25) is 0 Å². The molecular formula is C17H36N2. The van der Waals surface area contributed by atoms with Gasteiger partial charge in [0.2, 0.25) is 0 Å². The van der Waals surface area contributed by atoms with E-state index in [0.717, 1.165) is 23.9 Å². The van der Waals surface area contributed by atoms with Gasteiger partial charge in [0, 0.05) is 24.7 Å². The quantitative estimate of drug-likeness (QED) is 0.753. The van der Waals surface area contributed by atoms with Crippen molar-refractivity contribution in [3.8, 4) is 0 Å². The van der Waals surface area contributed by atoms with E-state index in [-0.39, 0.29) is 0 Å². The van der Waals surface area contributed by atoms with Crippen LogP contribution in [0.1, 0.15) is 66.7 Å². The number of nitrogens with zero attached hydrogens (tertiary/aromatic N) is 1. The topological polar surface area (TPSA) is 15.3 Å². The molecule has 114 valence electrons. The minimum Gasteiger partial charge on any atom is -0.315 e. The molecule has 1 aliphatic carbocycles. The van der Waals surface area contributed by atoms with Crippen molar-refractivity contribution < 1.29 is 0 Å². The van der Waals surface area contributed by atoms with Gasteiger partial charge in [-0.15, -0.1) is 0 Å². The van der Waals surface area contributed by atoms with E-state index in [4.69, 9.17) is 0 Å². The summed E-state index contributed by atoms with van der Waals surface area (Å²) < 4.78 is 0. The average Bonchev–Trinajstić information content (AvgIpc) is 2.38. The van der Waals surface area contributed by atoms with Crippen molar-refractivity contribution in [3.63, 3.8) is 0 Å². The summed E-state index contributed by atoms with van der Waals surface area (Å²) >= 11 is 0.